The van der Waals surface area contributed by atoms with Crippen LogP contribution in [-0.4, -0.2) is 47.1 Å². The number of amides is 1. The molecule has 31 heavy (non-hydrogen) atoms. The molecule has 2 heterocycles. The van der Waals surface area contributed by atoms with Gasteiger partial charge in [-0.05, 0) is 75.2 Å². The lowest BCUT2D eigenvalue weighted by Crippen LogP contribution is -2.40. The fourth-order valence-corrected chi connectivity index (χ4v) is 4.16. The third-order valence-electron chi connectivity index (χ3n) is 5.94. The molecule has 1 saturated heterocycles. The summed E-state index contributed by atoms with van der Waals surface area (Å²) in [6.07, 6.45) is 1.91. The van der Waals surface area contributed by atoms with Gasteiger partial charge in [-0.25, -0.2) is 4.98 Å². The van der Waals surface area contributed by atoms with Crippen LogP contribution < -0.4 is 15.6 Å². The normalized spacial score (nSPS) is 15.2. The summed E-state index contributed by atoms with van der Waals surface area (Å²) in [6.45, 7) is 4.63. The van der Waals surface area contributed by atoms with Crippen molar-refractivity contribution >= 4 is 22.5 Å². The van der Waals surface area contributed by atoms with Crippen LogP contribution in [0.25, 0.3) is 10.9 Å². The summed E-state index contributed by atoms with van der Waals surface area (Å²) < 4.78 is 6.94. The molecule has 2 aromatic carbocycles. The predicted molar refractivity (Wildman–Crippen MR) is 122 cm³/mol. The molecule has 3 aromatic rings. The number of nitrogens with zero attached hydrogens (tertiary/aromatic N) is 3. The smallest absolute Gasteiger partial charge is 0.261 e. The van der Waals surface area contributed by atoms with Gasteiger partial charge in [0.15, 0.2) is 0 Å². The van der Waals surface area contributed by atoms with Crippen molar-refractivity contribution in [3.63, 3.8) is 0 Å². The first-order valence-corrected chi connectivity index (χ1v) is 10.7. The molecule has 1 aromatic heterocycles. The number of carbonyl (C=O) groups excluding carboxylic acids is 1. The maximum absolute atomic E-state index is 12.9. The first-order valence-electron chi connectivity index (χ1n) is 10.7. The van der Waals surface area contributed by atoms with Gasteiger partial charge in [-0.2, -0.15) is 0 Å². The number of fused-ring (bicyclic) bond motifs is 1. The van der Waals surface area contributed by atoms with E-state index in [0.29, 0.717) is 24.4 Å². The van der Waals surface area contributed by atoms with Crippen molar-refractivity contribution in [3.8, 4) is 5.75 Å². The third-order valence-corrected chi connectivity index (χ3v) is 5.94. The van der Waals surface area contributed by atoms with E-state index in [9.17, 15) is 9.59 Å². The van der Waals surface area contributed by atoms with Gasteiger partial charge in [-0.3, -0.25) is 19.1 Å². The number of carbonyl (C=O) groups is 1. The molecule has 7 nitrogen and oxygen atoms in total. The molecule has 0 spiro atoms. The topological polar surface area (TPSA) is 76.5 Å². The molecule has 1 aliphatic rings. The number of likely N-dealkylation sites (tertiary alicyclic amines) is 1. The van der Waals surface area contributed by atoms with Gasteiger partial charge in [0, 0.05) is 12.2 Å². The minimum absolute atomic E-state index is 0.0191. The van der Waals surface area contributed by atoms with Gasteiger partial charge >= 0.3 is 0 Å². The molecule has 0 atom stereocenters. The fourth-order valence-electron chi connectivity index (χ4n) is 4.16. The van der Waals surface area contributed by atoms with Gasteiger partial charge in [0.1, 0.15) is 11.6 Å². The summed E-state index contributed by atoms with van der Waals surface area (Å²) in [5, 5.41) is 3.60. The van der Waals surface area contributed by atoms with Crippen LogP contribution in [0.15, 0.2) is 53.3 Å². The van der Waals surface area contributed by atoms with Crippen molar-refractivity contribution in [3.05, 3.63) is 64.7 Å². The Morgan fingerprint density at radius 3 is 2.55 bits per heavy atom. The quantitative estimate of drug-likeness (QED) is 0.663. The predicted octanol–water partition coefficient (Wildman–Crippen LogP) is 3.06. The second-order valence-electron chi connectivity index (χ2n) is 8.09. The highest BCUT2D eigenvalue weighted by atomic mass is 16.5. The van der Waals surface area contributed by atoms with Gasteiger partial charge in [0.05, 0.1) is 24.6 Å². The Morgan fingerprint density at radius 1 is 1.13 bits per heavy atom. The van der Waals surface area contributed by atoms with E-state index in [2.05, 4.69) is 15.2 Å². The van der Waals surface area contributed by atoms with Crippen molar-refractivity contribution in [1.29, 1.82) is 0 Å². The lowest BCUT2D eigenvalue weighted by atomic mass is 9.96. The number of para-hydroxylation sites is 1. The minimum Gasteiger partial charge on any atom is -0.497 e. The number of nitrogens with one attached hydrogen (secondary N) is 1. The Morgan fingerprint density at radius 2 is 1.84 bits per heavy atom. The maximum Gasteiger partial charge on any atom is 0.261 e. The zero-order chi connectivity index (χ0) is 21.8. The van der Waals surface area contributed by atoms with Crippen molar-refractivity contribution in [2.24, 2.45) is 5.92 Å². The second kappa shape index (κ2) is 9.31. The standard InChI is InChI=1S/C24H28N4O3/c1-17-25-22-6-4-3-5-21(22)24(30)28(17)15-18-11-13-27(14-12-18)16-23(29)26-19-7-9-20(31-2)10-8-19/h3-10,18H,11-16H2,1-2H3,(H,26,29). The minimum atomic E-state index is -0.0191. The molecule has 7 heteroatoms. The third kappa shape index (κ3) is 4.94. The Bertz CT molecular complexity index is 1120. The van der Waals surface area contributed by atoms with Crippen molar-refractivity contribution in [1.82, 2.24) is 14.5 Å². The molecule has 1 N–H and O–H groups in total. The number of ether oxygens (including phenoxy) is 1. The molecular formula is C24H28N4O3. The van der Waals surface area contributed by atoms with E-state index in [4.69, 9.17) is 4.74 Å². The highest BCUT2D eigenvalue weighted by Crippen LogP contribution is 2.20. The number of anilines is 1. The Balaban J connectivity index is 1.31. The number of hydrogen-bond donors (Lipinski definition) is 1. The lowest BCUT2D eigenvalue weighted by molar-refractivity contribution is -0.117. The molecule has 1 aliphatic heterocycles. The number of benzene rings is 2. The zero-order valence-corrected chi connectivity index (χ0v) is 18.0. The van der Waals surface area contributed by atoms with Crippen LogP contribution in [0.5, 0.6) is 5.75 Å². The monoisotopic (exact) mass is 420 g/mol. The summed E-state index contributed by atoms with van der Waals surface area (Å²) in [5.41, 5.74) is 1.54. The molecule has 0 bridgehead atoms. The Hall–Kier alpha value is -3.19. The fraction of sp³-hybridized carbons (Fsp3) is 0.375. The average molecular weight is 421 g/mol. The Kier molecular flexibility index (Phi) is 6.32. The molecule has 0 unspecified atom stereocenters. The summed E-state index contributed by atoms with van der Waals surface area (Å²) in [4.78, 5) is 32.1. The van der Waals surface area contributed by atoms with E-state index < -0.39 is 0 Å². The first kappa shape index (κ1) is 21.1. The van der Waals surface area contributed by atoms with Crippen LogP contribution in [0.1, 0.15) is 18.7 Å². The summed E-state index contributed by atoms with van der Waals surface area (Å²) in [7, 11) is 1.62. The molecule has 162 valence electrons. The van der Waals surface area contributed by atoms with E-state index in [0.717, 1.165) is 48.7 Å². The van der Waals surface area contributed by atoms with Crippen LogP contribution in [0.4, 0.5) is 5.69 Å². The van der Waals surface area contributed by atoms with Crippen LogP contribution in [0.2, 0.25) is 0 Å². The average Bonchev–Trinajstić information content (AvgIpc) is 2.78. The molecular weight excluding hydrogens is 392 g/mol. The zero-order valence-electron chi connectivity index (χ0n) is 18.0. The number of aromatic nitrogens is 2. The van der Waals surface area contributed by atoms with Crippen molar-refractivity contribution in [2.45, 2.75) is 26.3 Å². The SMILES string of the molecule is COc1ccc(NC(=O)CN2CCC(Cn3c(C)nc4ccccc4c3=O)CC2)cc1. The van der Waals surface area contributed by atoms with Crippen LogP contribution >= 0.6 is 0 Å². The van der Waals surface area contributed by atoms with Crippen LogP contribution in [0, 0.1) is 12.8 Å². The van der Waals surface area contributed by atoms with Crippen molar-refractivity contribution in [2.75, 3.05) is 32.1 Å². The largest absolute Gasteiger partial charge is 0.497 e. The van der Waals surface area contributed by atoms with Gasteiger partial charge in [0.25, 0.3) is 5.56 Å². The summed E-state index contributed by atoms with van der Waals surface area (Å²) in [6, 6.07) is 14.8. The highest BCUT2D eigenvalue weighted by molar-refractivity contribution is 5.92. The maximum atomic E-state index is 12.9. The van der Waals surface area contributed by atoms with Crippen LogP contribution in [-0.2, 0) is 11.3 Å². The second-order valence-corrected chi connectivity index (χ2v) is 8.09. The number of methoxy groups -OCH3 is 1. The summed E-state index contributed by atoms with van der Waals surface area (Å²) in [5.74, 6) is 1.90. The van der Waals surface area contributed by atoms with Gasteiger partial charge < -0.3 is 10.1 Å². The number of hydrogen-bond acceptors (Lipinski definition) is 5. The van der Waals surface area contributed by atoms with E-state index in [-0.39, 0.29) is 11.5 Å². The van der Waals surface area contributed by atoms with Gasteiger partial charge in [-0.1, -0.05) is 12.1 Å². The van der Waals surface area contributed by atoms with Gasteiger partial charge in [-0.15, -0.1) is 0 Å². The van der Waals surface area contributed by atoms with Gasteiger partial charge in [0.2, 0.25) is 5.91 Å². The highest BCUT2D eigenvalue weighted by Gasteiger charge is 2.22. The van der Waals surface area contributed by atoms with E-state index in [1.54, 1.807) is 11.7 Å². The van der Waals surface area contributed by atoms with E-state index in [1.165, 1.54) is 0 Å². The molecule has 1 amide bonds. The van der Waals surface area contributed by atoms with Crippen LogP contribution in [0.3, 0.4) is 0 Å². The molecule has 4 rings (SSSR count). The first-order chi connectivity index (χ1) is 15.0. The molecule has 0 radical (unpaired) electrons. The number of aryl methyl sites for hydroxylation is 1. The Labute approximate surface area is 181 Å². The molecule has 1 fully saturated rings. The lowest BCUT2D eigenvalue weighted by Gasteiger charge is -2.32. The number of rotatable bonds is 6. The molecule has 0 aliphatic carbocycles. The number of piperidine rings is 1. The van der Waals surface area contributed by atoms with E-state index >= 15 is 0 Å². The van der Waals surface area contributed by atoms with E-state index in [1.807, 2.05) is 55.5 Å². The van der Waals surface area contributed by atoms with Crippen molar-refractivity contribution < 1.29 is 9.53 Å². The summed E-state index contributed by atoms with van der Waals surface area (Å²) >= 11 is 0. The molecule has 0 saturated carbocycles.